The molecule has 1 unspecified atom stereocenters. The molecule has 86 valence electrons. The third kappa shape index (κ3) is 2.79. The first-order chi connectivity index (χ1) is 7.13. The molecule has 3 heteroatoms. The standard InChI is InChI=1S/C12H21NO2/c1-12(15-2)6-3-7-13(9-12)8-11(14)10-4-5-10/h10H,3-9H2,1-2H3. The molecule has 0 aromatic rings. The Hall–Kier alpha value is -0.410. The Labute approximate surface area is 91.8 Å². The second kappa shape index (κ2) is 4.22. The summed E-state index contributed by atoms with van der Waals surface area (Å²) in [5.74, 6) is 0.830. The van der Waals surface area contributed by atoms with Gasteiger partial charge in [-0.15, -0.1) is 0 Å². The fourth-order valence-corrected chi connectivity index (χ4v) is 2.36. The van der Waals surface area contributed by atoms with E-state index in [1.54, 1.807) is 7.11 Å². The molecule has 0 bridgehead atoms. The van der Waals surface area contributed by atoms with E-state index in [1.165, 1.54) is 0 Å². The number of piperidine rings is 1. The molecule has 1 saturated carbocycles. The third-order valence-electron chi connectivity index (χ3n) is 3.64. The maximum Gasteiger partial charge on any atom is 0.149 e. The van der Waals surface area contributed by atoms with E-state index >= 15 is 0 Å². The lowest BCUT2D eigenvalue weighted by molar-refractivity contribution is -0.123. The van der Waals surface area contributed by atoms with Crippen LogP contribution < -0.4 is 0 Å². The summed E-state index contributed by atoms with van der Waals surface area (Å²) in [5, 5.41) is 0. The summed E-state index contributed by atoms with van der Waals surface area (Å²) in [7, 11) is 1.77. The Morgan fingerprint density at radius 2 is 2.27 bits per heavy atom. The van der Waals surface area contributed by atoms with Crippen LogP contribution in [0.5, 0.6) is 0 Å². The van der Waals surface area contributed by atoms with Gasteiger partial charge in [-0.1, -0.05) is 0 Å². The van der Waals surface area contributed by atoms with Crippen molar-refractivity contribution >= 4 is 5.78 Å². The van der Waals surface area contributed by atoms with Crippen LogP contribution in [0.2, 0.25) is 0 Å². The highest BCUT2D eigenvalue weighted by molar-refractivity contribution is 5.85. The van der Waals surface area contributed by atoms with E-state index in [-0.39, 0.29) is 5.60 Å². The van der Waals surface area contributed by atoms with Crippen LogP contribution in [0.3, 0.4) is 0 Å². The van der Waals surface area contributed by atoms with Crippen LogP contribution in [0.1, 0.15) is 32.6 Å². The second-order valence-corrected chi connectivity index (χ2v) is 5.21. The number of ether oxygens (including phenoxy) is 1. The normalized spacial score (nSPS) is 32.9. The van der Waals surface area contributed by atoms with E-state index in [4.69, 9.17) is 4.74 Å². The highest BCUT2D eigenvalue weighted by Crippen LogP contribution is 2.31. The van der Waals surface area contributed by atoms with Crippen LogP contribution in [0.25, 0.3) is 0 Å². The van der Waals surface area contributed by atoms with Crippen LogP contribution in [-0.4, -0.2) is 43.0 Å². The summed E-state index contributed by atoms with van der Waals surface area (Å²) in [6.45, 7) is 4.74. The zero-order valence-electron chi connectivity index (χ0n) is 9.79. The van der Waals surface area contributed by atoms with Gasteiger partial charge >= 0.3 is 0 Å². The largest absolute Gasteiger partial charge is 0.377 e. The van der Waals surface area contributed by atoms with Gasteiger partial charge in [-0.3, -0.25) is 9.69 Å². The van der Waals surface area contributed by atoms with Gasteiger partial charge in [0.05, 0.1) is 12.1 Å². The molecule has 0 N–H and O–H groups in total. The van der Waals surface area contributed by atoms with Gasteiger partial charge in [0.15, 0.2) is 0 Å². The van der Waals surface area contributed by atoms with Crippen LogP contribution in [0.15, 0.2) is 0 Å². The van der Waals surface area contributed by atoms with E-state index in [9.17, 15) is 4.79 Å². The van der Waals surface area contributed by atoms with Crippen molar-refractivity contribution in [2.45, 2.75) is 38.2 Å². The Kier molecular flexibility index (Phi) is 3.12. The van der Waals surface area contributed by atoms with Crippen molar-refractivity contribution in [2.24, 2.45) is 5.92 Å². The monoisotopic (exact) mass is 211 g/mol. The van der Waals surface area contributed by atoms with Gasteiger partial charge in [-0.05, 0) is 39.2 Å². The fraction of sp³-hybridized carbons (Fsp3) is 0.917. The Bertz CT molecular complexity index is 250. The number of hydrogen-bond acceptors (Lipinski definition) is 3. The summed E-state index contributed by atoms with van der Waals surface area (Å²) in [4.78, 5) is 13.9. The van der Waals surface area contributed by atoms with E-state index in [0.29, 0.717) is 18.2 Å². The average molecular weight is 211 g/mol. The molecule has 0 amide bonds. The lowest BCUT2D eigenvalue weighted by Gasteiger charge is -2.39. The minimum absolute atomic E-state index is 0.0396. The van der Waals surface area contributed by atoms with E-state index in [1.807, 2.05) is 0 Å². The number of hydrogen-bond donors (Lipinski definition) is 0. The van der Waals surface area contributed by atoms with Gasteiger partial charge in [-0.25, -0.2) is 0 Å². The minimum atomic E-state index is -0.0396. The molecule has 1 aliphatic heterocycles. The van der Waals surface area contributed by atoms with Crippen LogP contribution in [0.4, 0.5) is 0 Å². The second-order valence-electron chi connectivity index (χ2n) is 5.21. The van der Waals surface area contributed by atoms with E-state index in [0.717, 1.165) is 38.8 Å². The highest BCUT2D eigenvalue weighted by atomic mass is 16.5. The van der Waals surface area contributed by atoms with Crippen molar-refractivity contribution in [1.82, 2.24) is 4.90 Å². The number of carbonyl (C=O) groups excluding carboxylic acids is 1. The van der Waals surface area contributed by atoms with Crippen molar-refractivity contribution in [2.75, 3.05) is 26.7 Å². The molecule has 0 radical (unpaired) electrons. The van der Waals surface area contributed by atoms with Crippen molar-refractivity contribution in [3.05, 3.63) is 0 Å². The topological polar surface area (TPSA) is 29.5 Å². The number of methoxy groups -OCH3 is 1. The van der Waals surface area contributed by atoms with Gasteiger partial charge in [0.1, 0.15) is 5.78 Å². The molecule has 1 aliphatic carbocycles. The average Bonchev–Trinajstić information content (AvgIpc) is 3.01. The van der Waals surface area contributed by atoms with Crippen molar-refractivity contribution in [3.63, 3.8) is 0 Å². The van der Waals surface area contributed by atoms with E-state index in [2.05, 4.69) is 11.8 Å². The number of rotatable bonds is 4. The van der Waals surface area contributed by atoms with Crippen LogP contribution in [-0.2, 0) is 9.53 Å². The molecule has 0 aromatic carbocycles. The third-order valence-corrected chi connectivity index (χ3v) is 3.64. The number of ketones is 1. The summed E-state index contributed by atoms with van der Waals surface area (Å²) in [6, 6.07) is 0. The molecule has 1 heterocycles. The van der Waals surface area contributed by atoms with Crippen molar-refractivity contribution in [1.29, 1.82) is 0 Å². The molecule has 0 spiro atoms. The van der Waals surface area contributed by atoms with Gasteiger partial charge in [-0.2, -0.15) is 0 Å². The minimum Gasteiger partial charge on any atom is -0.377 e. The lowest BCUT2D eigenvalue weighted by atomic mass is 9.94. The zero-order chi connectivity index (χ0) is 10.9. The van der Waals surface area contributed by atoms with Gasteiger partial charge < -0.3 is 4.74 Å². The highest BCUT2D eigenvalue weighted by Gasteiger charge is 2.35. The predicted octanol–water partition coefficient (Wildman–Crippen LogP) is 1.47. The molecule has 2 rings (SSSR count). The summed E-state index contributed by atoms with van der Waals surface area (Å²) in [5.41, 5.74) is -0.0396. The summed E-state index contributed by atoms with van der Waals surface area (Å²) >= 11 is 0. The van der Waals surface area contributed by atoms with Crippen LogP contribution >= 0.6 is 0 Å². The van der Waals surface area contributed by atoms with Crippen LogP contribution in [0, 0.1) is 5.92 Å². The zero-order valence-corrected chi connectivity index (χ0v) is 9.79. The number of Topliss-reactive ketones (excluding diaryl/α,β-unsaturated/α-hetero) is 1. The van der Waals surface area contributed by atoms with Crippen molar-refractivity contribution < 1.29 is 9.53 Å². The smallest absolute Gasteiger partial charge is 0.149 e. The fourth-order valence-electron chi connectivity index (χ4n) is 2.36. The Balaban J connectivity index is 1.84. The predicted molar refractivity (Wildman–Crippen MR) is 58.8 cm³/mol. The van der Waals surface area contributed by atoms with Gasteiger partial charge in [0.2, 0.25) is 0 Å². The van der Waals surface area contributed by atoms with Gasteiger partial charge in [0, 0.05) is 19.6 Å². The summed E-state index contributed by atoms with van der Waals surface area (Å²) < 4.78 is 5.51. The molecule has 15 heavy (non-hydrogen) atoms. The first kappa shape index (κ1) is 11.1. The maximum atomic E-state index is 11.7. The number of nitrogens with zero attached hydrogens (tertiary/aromatic N) is 1. The quantitative estimate of drug-likeness (QED) is 0.705. The molecule has 2 fully saturated rings. The lowest BCUT2D eigenvalue weighted by Crippen LogP contribution is -2.49. The van der Waals surface area contributed by atoms with Gasteiger partial charge in [0.25, 0.3) is 0 Å². The SMILES string of the molecule is COC1(C)CCCN(CC(=O)C2CC2)C1. The summed E-state index contributed by atoms with van der Waals surface area (Å²) in [6.07, 6.45) is 4.49. The molecule has 1 saturated heterocycles. The Morgan fingerprint density at radius 3 is 2.87 bits per heavy atom. The first-order valence-electron chi connectivity index (χ1n) is 5.93. The number of likely N-dealkylation sites (tertiary alicyclic amines) is 1. The molecule has 3 nitrogen and oxygen atoms in total. The molecule has 2 aliphatic rings. The first-order valence-corrected chi connectivity index (χ1v) is 5.93. The molecular weight excluding hydrogens is 190 g/mol. The van der Waals surface area contributed by atoms with Crippen molar-refractivity contribution in [3.8, 4) is 0 Å². The molecule has 0 aromatic heterocycles. The number of carbonyl (C=O) groups is 1. The molecule has 1 atom stereocenters. The maximum absolute atomic E-state index is 11.7. The molecular formula is C12H21NO2. The Morgan fingerprint density at radius 1 is 1.53 bits per heavy atom. The van der Waals surface area contributed by atoms with E-state index < -0.39 is 0 Å².